The molecule has 0 N–H and O–H groups in total. The molecule has 0 heterocycles. The second-order valence-electron chi connectivity index (χ2n) is 4.84. The molecule has 21 heavy (non-hydrogen) atoms. The van der Waals surface area contributed by atoms with E-state index in [2.05, 4.69) is 0 Å². The van der Waals surface area contributed by atoms with Crippen LogP contribution in [-0.2, 0) is 6.42 Å². The van der Waals surface area contributed by atoms with Gasteiger partial charge in [0.2, 0.25) is 0 Å². The molecule has 0 aromatic heterocycles. The first-order chi connectivity index (χ1) is 9.99. The first-order valence-corrected chi connectivity index (χ1v) is 6.45. The van der Waals surface area contributed by atoms with Gasteiger partial charge >= 0.3 is 0 Å². The Balaban J connectivity index is 2.20. The Bertz CT molecular complexity index is 668. The molecule has 0 fully saturated rings. The average molecular weight is 286 g/mol. The second-order valence-corrected chi connectivity index (χ2v) is 4.84. The van der Waals surface area contributed by atoms with E-state index < -0.39 is 9.85 Å². The van der Waals surface area contributed by atoms with Crippen molar-refractivity contribution in [2.24, 2.45) is 0 Å². The van der Waals surface area contributed by atoms with Gasteiger partial charge < -0.3 is 0 Å². The number of nitrogens with zero attached hydrogens (tertiary/aromatic N) is 2. The second kappa shape index (κ2) is 6.13. The summed E-state index contributed by atoms with van der Waals surface area (Å²) >= 11 is 0. The van der Waals surface area contributed by atoms with Crippen molar-refractivity contribution in [2.45, 2.75) is 19.3 Å². The Labute approximate surface area is 121 Å². The van der Waals surface area contributed by atoms with Gasteiger partial charge in [0.25, 0.3) is 11.4 Å². The van der Waals surface area contributed by atoms with Crippen molar-refractivity contribution < 1.29 is 9.85 Å². The molecular weight excluding hydrogens is 272 g/mol. The van der Waals surface area contributed by atoms with Crippen LogP contribution in [0, 0.1) is 20.2 Å². The molecule has 1 unspecified atom stereocenters. The van der Waals surface area contributed by atoms with Crippen molar-refractivity contribution in [3.8, 4) is 0 Å². The minimum absolute atomic E-state index is 0.0342. The number of nitro benzene ring substituents is 2. The smallest absolute Gasteiger partial charge is 0.258 e. The first kappa shape index (κ1) is 14.6. The molecular formula is C15H14N2O4. The number of para-hydroxylation sites is 1. The van der Waals surface area contributed by atoms with E-state index in [1.807, 2.05) is 6.92 Å². The van der Waals surface area contributed by atoms with Gasteiger partial charge in [-0.2, -0.15) is 0 Å². The lowest BCUT2D eigenvalue weighted by Crippen LogP contribution is -2.02. The molecule has 0 spiro atoms. The van der Waals surface area contributed by atoms with Crippen LogP contribution in [-0.4, -0.2) is 9.85 Å². The summed E-state index contributed by atoms with van der Waals surface area (Å²) in [7, 11) is 0. The molecule has 0 saturated carbocycles. The van der Waals surface area contributed by atoms with Crippen LogP contribution in [0.15, 0.2) is 48.5 Å². The maximum atomic E-state index is 11.0. The van der Waals surface area contributed by atoms with Crippen LogP contribution < -0.4 is 0 Å². The van der Waals surface area contributed by atoms with Gasteiger partial charge in [-0.1, -0.05) is 37.3 Å². The Hall–Kier alpha value is -2.76. The summed E-state index contributed by atoms with van der Waals surface area (Å²) in [5, 5.41) is 21.6. The van der Waals surface area contributed by atoms with Crippen molar-refractivity contribution in [1.29, 1.82) is 0 Å². The van der Waals surface area contributed by atoms with E-state index in [1.54, 1.807) is 30.3 Å². The van der Waals surface area contributed by atoms with Crippen molar-refractivity contribution in [2.75, 3.05) is 0 Å². The largest absolute Gasteiger partial charge is 0.272 e. The topological polar surface area (TPSA) is 86.3 Å². The molecule has 6 heteroatoms. The predicted octanol–water partition coefficient (Wildman–Crippen LogP) is 3.85. The van der Waals surface area contributed by atoms with Crippen LogP contribution in [0.2, 0.25) is 0 Å². The Kier molecular flexibility index (Phi) is 4.27. The molecule has 6 nitrogen and oxygen atoms in total. The molecule has 1 atom stereocenters. The third-order valence-electron chi connectivity index (χ3n) is 3.39. The van der Waals surface area contributed by atoms with Gasteiger partial charge in [0.15, 0.2) is 0 Å². The van der Waals surface area contributed by atoms with Crippen molar-refractivity contribution in [3.63, 3.8) is 0 Å². The highest BCUT2D eigenvalue weighted by molar-refractivity contribution is 5.41. The molecule has 0 aliphatic carbocycles. The summed E-state index contributed by atoms with van der Waals surface area (Å²) in [4.78, 5) is 20.8. The zero-order valence-corrected chi connectivity index (χ0v) is 11.4. The normalized spacial score (nSPS) is 11.9. The fourth-order valence-electron chi connectivity index (χ4n) is 2.23. The summed E-state index contributed by atoms with van der Waals surface area (Å²) in [5.74, 6) is 0.0342. The summed E-state index contributed by atoms with van der Waals surface area (Å²) in [6, 6.07) is 12.9. The zero-order chi connectivity index (χ0) is 15.4. The molecule has 2 aromatic carbocycles. The average Bonchev–Trinajstić information content (AvgIpc) is 2.47. The highest BCUT2D eigenvalue weighted by Crippen LogP contribution is 2.27. The number of rotatable bonds is 5. The maximum Gasteiger partial charge on any atom is 0.272 e. The fraction of sp³-hybridized carbons (Fsp3) is 0.200. The fourth-order valence-corrected chi connectivity index (χ4v) is 2.23. The molecule has 0 aliphatic rings. The maximum absolute atomic E-state index is 11.0. The molecule has 2 aromatic rings. The van der Waals surface area contributed by atoms with E-state index in [-0.39, 0.29) is 17.3 Å². The lowest BCUT2D eigenvalue weighted by molar-refractivity contribution is -0.385. The SMILES string of the molecule is CC(Cc1ccccc1[N+](=O)[O-])c1ccc([N+](=O)[O-])cc1. The molecule has 0 amide bonds. The molecule has 0 radical (unpaired) electrons. The van der Waals surface area contributed by atoms with Gasteiger partial charge in [0, 0.05) is 23.8 Å². The van der Waals surface area contributed by atoms with Gasteiger partial charge in [-0.25, -0.2) is 0 Å². The lowest BCUT2D eigenvalue weighted by Gasteiger charge is -2.12. The van der Waals surface area contributed by atoms with Crippen LogP contribution in [0.4, 0.5) is 11.4 Å². The number of benzene rings is 2. The van der Waals surface area contributed by atoms with Gasteiger partial charge in [0.05, 0.1) is 9.85 Å². The summed E-state index contributed by atoms with van der Waals surface area (Å²) in [6.07, 6.45) is 0.509. The van der Waals surface area contributed by atoms with E-state index in [4.69, 9.17) is 0 Å². The van der Waals surface area contributed by atoms with E-state index in [9.17, 15) is 20.2 Å². The predicted molar refractivity (Wildman–Crippen MR) is 78.3 cm³/mol. The van der Waals surface area contributed by atoms with Crippen molar-refractivity contribution in [3.05, 3.63) is 79.9 Å². The van der Waals surface area contributed by atoms with Crippen molar-refractivity contribution >= 4 is 11.4 Å². The molecule has 108 valence electrons. The van der Waals surface area contributed by atoms with Crippen LogP contribution in [0.3, 0.4) is 0 Å². The van der Waals surface area contributed by atoms with E-state index in [0.29, 0.717) is 12.0 Å². The minimum Gasteiger partial charge on any atom is -0.258 e. The number of non-ortho nitro benzene ring substituents is 1. The molecule has 0 saturated heterocycles. The van der Waals surface area contributed by atoms with Crippen LogP contribution in [0.25, 0.3) is 0 Å². The highest BCUT2D eigenvalue weighted by Gasteiger charge is 2.16. The third-order valence-corrected chi connectivity index (χ3v) is 3.39. The Morgan fingerprint density at radius 3 is 2.14 bits per heavy atom. The van der Waals surface area contributed by atoms with E-state index in [0.717, 1.165) is 5.56 Å². The summed E-state index contributed by atoms with van der Waals surface area (Å²) in [5.41, 5.74) is 1.72. The monoisotopic (exact) mass is 286 g/mol. The summed E-state index contributed by atoms with van der Waals surface area (Å²) in [6.45, 7) is 1.94. The van der Waals surface area contributed by atoms with Crippen LogP contribution >= 0.6 is 0 Å². The van der Waals surface area contributed by atoms with E-state index >= 15 is 0 Å². The van der Waals surface area contributed by atoms with Gasteiger partial charge in [-0.3, -0.25) is 20.2 Å². The summed E-state index contributed by atoms with van der Waals surface area (Å²) < 4.78 is 0. The van der Waals surface area contributed by atoms with Gasteiger partial charge in [-0.15, -0.1) is 0 Å². The third kappa shape index (κ3) is 3.42. The van der Waals surface area contributed by atoms with Gasteiger partial charge in [-0.05, 0) is 17.9 Å². The van der Waals surface area contributed by atoms with Crippen LogP contribution in [0.5, 0.6) is 0 Å². The molecule has 0 aliphatic heterocycles. The van der Waals surface area contributed by atoms with Crippen molar-refractivity contribution in [1.82, 2.24) is 0 Å². The Morgan fingerprint density at radius 1 is 0.952 bits per heavy atom. The molecule has 2 rings (SSSR count). The number of hydrogen-bond donors (Lipinski definition) is 0. The van der Waals surface area contributed by atoms with Crippen LogP contribution in [0.1, 0.15) is 24.0 Å². The lowest BCUT2D eigenvalue weighted by atomic mass is 9.93. The van der Waals surface area contributed by atoms with E-state index in [1.165, 1.54) is 18.2 Å². The zero-order valence-electron chi connectivity index (χ0n) is 11.4. The standard InChI is InChI=1S/C15H14N2O4/c1-11(12-6-8-14(9-7-12)16(18)19)10-13-4-2-3-5-15(13)17(20)21/h2-9,11H,10H2,1H3. The number of hydrogen-bond acceptors (Lipinski definition) is 4. The first-order valence-electron chi connectivity index (χ1n) is 6.45. The van der Waals surface area contributed by atoms with Gasteiger partial charge in [0.1, 0.15) is 0 Å². The molecule has 0 bridgehead atoms. The number of nitro groups is 2. The Morgan fingerprint density at radius 2 is 1.57 bits per heavy atom. The minimum atomic E-state index is -0.448. The quantitative estimate of drug-likeness (QED) is 0.617. The highest BCUT2D eigenvalue weighted by atomic mass is 16.6.